The van der Waals surface area contributed by atoms with Crippen molar-refractivity contribution in [1.82, 2.24) is 5.32 Å². The number of carbonyl (C=O) groups excluding carboxylic acids is 2. The molecule has 1 N–H and O–H groups in total. The Morgan fingerprint density at radius 3 is 2.58 bits per heavy atom. The Bertz CT molecular complexity index is 747. The zero-order chi connectivity index (χ0) is 18.7. The molecule has 0 aromatic heterocycles. The molecule has 0 bridgehead atoms. The highest BCUT2D eigenvalue weighted by Crippen LogP contribution is 2.43. The van der Waals surface area contributed by atoms with Crippen LogP contribution in [0.25, 0.3) is 0 Å². The molecule has 6 nitrogen and oxygen atoms in total. The lowest BCUT2D eigenvalue weighted by molar-refractivity contribution is -0.149. The number of nitrogens with one attached hydrogen (secondary N) is 1. The fraction of sp³-hybridized carbons (Fsp3) is 0.500. The van der Waals surface area contributed by atoms with E-state index in [9.17, 15) is 9.59 Å². The SMILES string of the molecule is COc1cccc(CNC(=O)C2=C(C)C(=O)OC23CCCCC3)c1OC. The first-order chi connectivity index (χ1) is 12.5. The fourth-order valence-electron chi connectivity index (χ4n) is 3.96. The molecule has 2 aliphatic rings. The third-order valence-electron chi connectivity index (χ3n) is 5.24. The molecule has 1 fully saturated rings. The van der Waals surface area contributed by atoms with Gasteiger partial charge in [0.05, 0.1) is 19.8 Å². The van der Waals surface area contributed by atoms with Crippen molar-refractivity contribution in [3.8, 4) is 11.5 Å². The molecule has 140 valence electrons. The average molecular weight is 359 g/mol. The van der Waals surface area contributed by atoms with Gasteiger partial charge in [0.15, 0.2) is 11.5 Å². The molecule has 0 radical (unpaired) electrons. The zero-order valence-corrected chi connectivity index (χ0v) is 15.5. The van der Waals surface area contributed by atoms with Crippen LogP contribution in [0.5, 0.6) is 11.5 Å². The molecule has 1 heterocycles. The van der Waals surface area contributed by atoms with Gasteiger partial charge in [-0.2, -0.15) is 0 Å². The van der Waals surface area contributed by atoms with Crippen molar-refractivity contribution in [3.63, 3.8) is 0 Å². The maximum atomic E-state index is 12.9. The number of carbonyl (C=O) groups is 2. The summed E-state index contributed by atoms with van der Waals surface area (Å²) in [6.07, 6.45) is 4.44. The number of para-hydroxylation sites is 1. The van der Waals surface area contributed by atoms with Gasteiger partial charge in [-0.25, -0.2) is 4.79 Å². The summed E-state index contributed by atoms with van der Waals surface area (Å²) in [6.45, 7) is 1.95. The second-order valence-corrected chi connectivity index (χ2v) is 6.78. The number of benzene rings is 1. The Labute approximate surface area is 153 Å². The Balaban J connectivity index is 1.80. The zero-order valence-electron chi connectivity index (χ0n) is 15.5. The van der Waals surface area contributed by atoms with Gasteiger partial charge in [-0.1, -0.05) is 18.6 Å². The van der Waals surface area contributed by atoms with Crippen LogP contribution in [0, 0.1) is 0 Å². The monoisotopic (exact) mass is 359 g/mol. The van der Waals surface area contributed by atoms with E-state index >= 15 is 0 Å². The standard InChI is InChI=1S/C20H25NO5/c1-13-16(20(26-19(13)23)10-5-4-6-11-20)18(22)21-12-14-8-7-9-15(24-2)17(14)25-3/h7-9H,4-6,10-12H2,1-3H3,(H,21,22). The number of hydrogen-bond acceptors (Lipinski definition) is 5. The van der Waals surface area contributed by atoms with Crippen molar-refractivity contribution in [2.24, 2.45) is 0 Å². The van der Waals surface area contributed by atoms with Gasteiger partial charge in [-0.3, -0.25) is 4.79 Å². The van der Waals surface area contributed by atoms with Crippen LogP contribution in [0.1, 0.15) is 44.6 Å². The highest BCUT2D eigenvalue weighted by Gasteiger charge is 2.49. The Morgan fingerprint density at radius 2 is 1.92 bits per heavy atom. The summed E-state index contributed by atoms with van der Waals surface area (Å²) in [4.78, 5) is 25.1. The third-order valence-corrected chi connectivity index (χ3v) is 5.24. The second-order valence-electron chi connectivity index (χ2n) is 6.78. The van der Waals surface area contributed by atoms with Crippen LogP contribution in [-0.2, 0) is 20.9 Å². The van der Waals surface area contributed by atoms with E-state index < -0.39 is 5.60 Å². The van der Waals surface area contributed by atoms with Crippen molar-refractivity contribution in [2.75, 3.05) is 14.2 Å². The Hall–Kier alpha value is -2.50. The number of esters is 1. The molecule has 1 amide bonds. The summed E-state index contributed by atoms with van der Waals surface area (Å²) >= 11 is 0. The number of hydrogen-bond donors (Lipinski definition) is 1. The van der Waals surface area contributed by atoms with E-state index in [0.29, 0.717) is 35.5 Å². The largest absolute Gasteiger partial charge is 0.493 e. The number of rotatable bonds is 5. The molecule has 0 atom stereocenters. The normalized spacial score (nSPS) is 18.7. The first-order valence-electron chi connectivity index (χ1n) is 8.95. The fourth-order valence-corrected chi connectivity index (χ4v) is 3.96. The van der Waals surface area contributed by atoms with Crippen LogP contribution in [-0.4, -0.2) is 31.7 Å². The lowest BCUT2D eigenvalue weighted by Gasteiger charge is -2.34. The molecule has 1 spiro atoms. The molecule has 1 aromatic rings. The van der Waals surface area contributed by atoms with Crippen LogP contribution in [0.4, 0.5) is 0 Å². The summed E-state index contributed by atoms with van der Waals surface area (Å²) in [5, 5.41) is 2.92. The van der Waals surface area contributed by atoms with E-state index in [4.69, 9.17) is 14.2 Å². The van der Waals surface area contributed by atoms with Gasteiger partial charge in [-0.05, 0) is 38.7 Å². The van der Waals surface area contributed by atoms with Crippen molar-refractivity contribution >= 4 is 11.9 Å². The minimum Gasteiger partial charge on any atom is -0.493 e. The molecule has 3 rings (SSSR count). The van der Waals surface area contributed by atoms with Gasteiger partial charge >= 0.3 is 5.97 Å². The van der Waals surface area contributed by atoms with Crippen LogP contribution in [0.3, 0.4) is 0 Å². The average Bonchev–Trinajstić information content (AvgIpc) is 2.89. The Kier molecular flexibility index (Phi) is 5.20. The summed E-state index contributed by atoms with van der Waals surface area (Å²) in [7, 11) is 3.14. The van der Waals surface area contributed by atoms with Crippen molar-refractivity contribution in [2.45, 2.75) is 51.2 Å². The van der Waals surface area contributed by atoms with Crippen molar-refractivity contribution < 1.29 is 23.8 Å². The maximum Gasteiger partial charge on any atom is 0.335 e. The molecular weight excluding hydrogens is 334 g/mol. The maximum absolute atomic E-state index is 12.9. The third kappa shape index (κ3) is 3.16. The lowest BCUT2D eigenvalue weighted by Crippen LogP contribution is -2.41. The summed E-state index contributed by atoms with van der Waals surface area (Å²) in [5.74, 6) is 0.570. The highest BCUT2D eigenvalue weighted by atomic mass is 16.6. The quantitative estimate of drug-likeness (QED) is 0.819. The first kappa shape index (κ1) is 18.3. The molecule has 6 heteroatoms. The topological polar surface area (TPSA) is 73.9 Å². The van der Waals surface area contributed by atoms with E-state index in [2.05, 4.69) is 5.32 Å². The van der Waals surface area contributed by atoms with Gasteiger partial charge in [0.25, 0.3) is 5.91 Å². The van der Waals surface area contributed by atoms with Crippen LogP contribution >= 0.6 is 0 Å². The summed E-state index contributed by atoms with van der Waals surface area (Å²) in [5.41, 5.74) is 0.967. The molecule has 26 heavy (non-hydrogen) atoms. The smallest absolute Gasteiger partial charge is 0.335 e. The Morgan fingerprint density at radius 1 is 1.19 bits per heavy atom. The van der Waals surface area contributed by atoms with E-state index in [1.54, 1.807) is 27.2 Å². The second kappa shape index (κ2) is 7.40. The van der Waals surface area contributed by atoms with Crippen LogP contribution < -0.4 is 14.8 Å². The van der Waals surface area contributed by atoms with Gasteiger partial charge in [0.2, 0.25) is 0 Å². The lowest BCUT2D eigenvalue weighted by atomic mass is 9.78. The summed E-state index contributed by atoms with van der Waals surface area (Å²) in [6, 6.07) is 5.52. The molecule has 0 unspecified atom stereocenters. The van der Waals surface area contributed by atoms with Gasteiger partial charge in [0.1, 0.15) is 5.60 Å². The van der Waals surface area contributed by atoms with Crippen LogP contribution in [0.15, 0.2) is 29.3 Å². The minimum absolute atomic E-state index is 0.250. The predicted molar refractivity (Wildman–Crippen MR) is 96.0 cm³/mol. The molecule has 1 aliphatic carbocycles. The number of amides is 1. The number of methoxy groups -OCH3 is 2. The van der Waals surface area contributed by atoms with Crippen molar-refractivity contribution in [3.05, 3.63) is 34.9 Å². The first-order valence-corrected chi connectivity index (χ1v) is 8.95. The van der Waals surface area contributed by atoms with Crippen LogP contribution in [0.2, 0.25) is 0 Å². The molecule has 1 aliphatic heterocycles. The van der Waals surface area contributed by atoms with E-state index in [1.165, 1.54) is 0 Å². The van der Waals surface area contributed by atoms with Gasteiger partial charge in [-0.15, -0.1) is 0 Å². The van der Waals surface area contributed by atoms with Gasteiger partial charge in [0, 0.05) is 17.7 Å². The van der Waals surface area contributed by atoms with Gasteiger partial charge < -0.3 is 19.5 Å². The van der Waals surface area contributed by atoms with E-state index in [-0.39, 0.29) is 18.4 Å². The predicted octanol–water partition coefficient (Wildman–Crippen LogP) is 2.90. The van der Waals surface area contributed by atoms with E-state index in [1.807, 2.05) is 12.1 Å². The molecule has 1 saturated carbocycles. The minimum atomic E-state index is -0.748. The summed E-state index contributed by atoms with van der Waals surface area (Å²) < 4.78 is 16.3. The van der Waals surface area contributed by atoms with Crippen molar-refractivity contribution in [1.29, 1.82) is 0 Å². The molecule has 0 saturated heterocycles. The number of ether oxygens (including phenoxy) is 3. The molecular formula is C20H25NO5. The highest BCUT2D eigenvalue weighted by molar-refractivity contribution is 6.07. The van der Waals surface area contributed by atoms with E-state index in [0.717, 1.165) is 24.8 Å². The molecule has 1 aromatic carbocycles.